The summed E-state index contributed by atoms with van der Waals surface area (Å²) in [4.78, 5) is 25.1. The van der Waals surface area contributed by atoms with Crippen molar-refractivity contribution >= 4 is 22.6 Å². The number of hydrogen-bond acceptors (Lipinski definition) is 6. The number of ether oxygens (including phenoxy) is 2. The van der Waals surface area contributed by atoms with Gasteiger partial charge in [-0.25, -0.2) is 0 Å². The van der Waals surface area contributed by atoms with E-state index in [1.165, 1.54) is 10.3 Å². The number of likely N-dealkylation sites (tertiary alicyclic amines) is 1. The van der Waals surface area contributed by atoms with Crippen LogP contribution in [0.5, 0.6) is 5.75 Å². The van der Waals surface area contributed by atoms with Gasteiger partial charge in [-0.3, -0.25) is 4.79 Å². The second-order valence-electron chi connectivity index (χ2n) is 10.4. The van der Waals surface area contributed by atoms with Crippen LogP contribution < -0.4 is 15.2 Å². The van der Waals surface area contributed by atoms with Gasteiger partial charge in [-0.2, -0.15) is 0 Å². The zero-order valence-corrected chi connectivity index (χ0v) is 23.0. The van der Waals surface area contributed by atoms with Crippen molar-refractivity contribution in [3.63, 3.8) is 0 Å². The standard InChI is InChI=1S/C34H36N2O5/c37-32(28-8-2-1-3-9-28)22-35-18-6-20-40-30-15-13-27(14-16-30)31-17-19-36(34(38)39)23-33(31)41-24-25-11-12-26-7-4-5-10-29(26)21-25/h1-5,7-16,21,31,33,35H,6,17-20,22-24H2,(H,38,39)/p-1. The van der Waals surface area contributed by atoms with Crippen molar-refractivity contribution in [2.75, 3.05) is 32.8 Å². The first-order valence-electron chi connectivity index (χ1n) is 14.1. The van der Waals surface area contributed by atoms with Gasteiger partial charge in [0.25, 0.3) is 0 Å². The van der Waals surface area contributed by atoms with Crippen molar-refractivity contribution in [1.82, 2.24) is 10.2 Å². The van der Waals surface area contributed by atoms with E-state index in [2.05, 4.69) is 35.6 Å². The molecule has 7 nitrogen and oxygen atoms in total. The number of piperidine rings is 1. The van der Waals surface area contributed by atoms with Crippen LogP contribution in [-0.2, 0) is 11.3 Å². The van der Waals surface area contributed by atoms with Gasteiger partial charge in [-0.15, -0.1) is 0 Å². The molecule has 1 aliphatic rings. The van der Waals surface area contributed by atoms with Gasteiger partial charge in [-0.1, -0.05) is 78.9 Å². The second kappa shape index (κ2) is 13.9. The summed E-state index contributed by atoms with van der Waals surface area (Å²) in [5.41, 5.74) is 2.86. The largest absolute Gasteiger partial charge is 0.530 e. The third-order valence-corrected chi connectivity index (χ3v) is 7.55. The van der Waals surface area contributed by atoms with Crippen LogP contribution in [0.4, 0.5) is 4.79 Å². The number of ketones is 1. The van der Waals surface area contributed by atoms with E-state index in [1.807, 2.05) is 66.7 Å². The average Bonchev–Trinajstić information content (AvgIpc) is 3.02. The number of fused-ring (bicyclic) bond motifs is 1. The summed E-state index contributed by atoms with van der Waals surface area (Å²) in [5, 5.41) is 17.1. The molecule has 4 aromatic carbocycles. The number of carbonyl (C=O) groups excluding carboxylic acids is 2. The fraction of sp³-hybridized carbons (Fsp3) is 0.294. The lowest BCUT2D eigenvalue weighted by atomic mass is 9.87. The first-order valence-corrected chi connectivity index (χ1v) is 14.1. The molecule has 0 saturated carbocycles. The fourth-order valence-electron chi connectivity index (χ4n) is 5.29. The molecule has 4 aromatic rings. The normalized spacial score (nSPS) is 16.9. The van der Waals surface area contributed by atoms with Crippen molar-refractivity contribution in [3.05, 3.63) is 114 Å². The van der Waals surface area contributed by atoms with Gasteiger partial charge >= 0.3 is 0 Å². The van der Waals surface area contributed by atoms with E-state index in [0.717, 1.165) is 28.7 Å². The molecule has 0 aliphatic carbocycles. The number of nitrogens with one attached hydrogen (secondary N) is 1. The second-order valence-corrected chi connectivity index (χ2v) is 10.4. The predicted molar refractivity (Wildman–Crippen MR) is 157 cm³/mol. The van der Waals surface area contributed by atoms with Crippen LogP contribution in [0.15, 0.2) is 97.1 Å². The molecule has 1 saturated heterocycles. The van der Waals surface area contributed by atoms with Crippen LogP contribution in [0, 0.1) is 0 Å². The molecule has 212 valence electrons. The molecule has 0 bridgehead atoms. The van der Waals surface area contributed by atoms with Crippen LogP contribution in [0.3, 0.4) is 0 Å². The minimum Gasteiger partial charge on any atom is -0.530 e. The molecule has 1 fully saturated rings. The van der Waals surface area contributed by atoms with Crippen LogP contribution >= 0.6 is 0 Å². The van der Waals surface area contributed by atoms with Crippen LogP contribution in [0.1, 0.15) is 40.2 Å². The van der Waals surface area contributed by atoms with Gasteiger partial charge in [0.05, 0.1) is 25.9 Å². The van der Waals surface area contributed by atoms with Crippen molar-refractivity contribution in [2.45, 2.75) is 31.5 Å². The number of rotatable bonds is 12. The monoisotopic (exact) mass is 551 g/mol. The maximum absolute atomic E-state index is 12.2. The maximum Gasteiger partial charge on any atom is 0.176 e. The van der Waals surface area contributed by atoms with Gasteiger partial charge in [0.1, 0.15) is 11.8 Å². The molecule has 41 heavy (non-hydrogen) atoms. The maximum atomic E-state index is 12.2. The van der Waals surface area contributed by atoms with Crippen LogP contribution in [-0.4, -0.2) is 55.7 Å². The highest BCUT2D eigenvalue weighted by Gasteiger charge is 2.31. The summed E-state index contributed by atoms with van der Waals surface area (Å²) >= 11 is 0. The summed E-state index contributed by atoms with van der Waals surface area (Å²) in [5.74, 6) is 0.911. The highest BCUT2D eigenvalue weighted by atomic mass is 16.5. The highest BCUT2D eigenvalue weighted by molar-refractivity contribution is 5.97. The number of nitrogens with zero attached hydrogens (tertiary/aromatic N) is 1. The zero-order valence-electron chi connectivity index (χ0n) is 23.0. The molecule has 5 rings (SSSR count). The van der Waals surface area contributed by atoms with Crippen LogP contribution in [0.2, 0.25) is 0 Å². The van der Waals surface area contributed by atoms with Crippen molar-refractivity contribution in [3.8, 4) is 5.75 Å². The smallest absolute Gasteiger partial charge is 0.176 e. The third-order valence-electron chi connectivity index (χ3n) is 7.55. The van der Waals surface area contributed by atoms with Crippen molar-refractivity contribution < 1.29 is 24.2 Å². The van der Waals surface area contributed by atoms with Crippen molar-refractivity contribution in [1.29, 1.82) is 0 Å². The minimum atomic E-state index is -1.16. The van der Waals surface area contributed by atoms with E-state index in [0.29, 0.717) is 44.8 Å². The Morgan fingerprint density at radius 1 is 0.902 bits per heavy atom. The van der Waals surface area contributed by atoms with E-state index in [9.17, 15) is 14.7 Å². The molecule has 2 atom stereocenters. The summed E-state index contributed by atoms with van der Waals surface area (Å²) in [7, 11) is 0. The molecular formula is C34H35N2O5-. The van der Waals surface area contributed by atoms with Gasteiger partial charge in [-0.05, 0) is 59.5 Å². The van der Waals surface area contributed by atoms with E-state index in [4.69, 9.17) is 9.47 Å². The molecule has 0 radical (unpaired) electrons. The zero-order chi connectivity index (χ0) is 28.4. The van der Waals surface area contributed by atoms with Gasteiger partial charge in [0.2, 0.25) is 0 Å². The number of carboxylic acid groups (broad SMARTS) is 1. The van der Waals surface area contributed by atoms with E-state index in [1.54, 1.807) is 0 Å². The summed E-state index contributed by atoms with van der Waals surface area (Å²) in [6.45, 7) is 2.62. The van der Waals surface area contributed by atoms with Gasteiger partial charge in [0.15, 0.2) is 5.78 Å². The Kier molecular flexibility index (Phi) is 9.62. The number of carbonyl (C=O) groups is 2. The SMILES string of the molecule is O=C(CNCCCOc1ccc(C2CCN(C(=O)[O-])CC2OCc2ccc3ccccc3c2)cc1)c1ccccc1. The molecule has 7 heteroatoms. The fourth-order valence-corrected chi connectivity index (χ4v) is 5.29. The van der Waals surface area contributed by atoms with E-state index >= 15 is 0 Å². The molecule has 1 N–H and O–H groups in total. The quantitative estimate of drug-likeness (QED) is 0.201. The minimum absolute atomic E-state index is 0.0615. The number of Topliss-reactive ketones (excluding diaryl/α,β-unsaturated/α-hetero) is 1. The lowest BCUT2D eigenvalue weighted by Crippen LogP contribution is -2.51. The first-order chi connectivity index (χ1) is 20.1. The molecular weight excluding hydrogens is 516 g/mol. The Balaban J connectivity index is 1.12. The molecule has 1 amide bonds. The number of benzene rings is 4. The Morgan fingerprint density at radius 2 is 1.66 bits per heavy atom. The Bertz CT molecular complexity index is 1440. The molecule has 0 aromatic heterocycles. The molecule has 0 spiro atoms. The Hall–Kier alpha value is -4.20. The first kappa shape index (κ1) is 28.3. The van der Waals surface area contributed by atoms with Crippen LogP contribution in [0.25, 0.3) is 10.8 Å². The predicted octanol–water partition coefficient (Wildman–Crippen LogP) is 4.80. The summed E-state index contributed by atoms with van der Waals surface area (Å²) in [6.07, 6.45) is -0.0184. The lowest BCUT2D eigenvalue weighted by Gasteiger charge is -2.40. The molecule has 2 unspecified atom stereocenters. The number of amides is 1. The summed E-state index contributed by atoms with van der Waals surface area (Å²) < 4.78 is 12.3. The highest BCUT2D eigenvalue weighted by Crippen LogP contribution is 2.32. The topological polar surface area (TPSA) is 90.9 Å². The van der Waals surface area contributed by atoms with E-state index < -0.39 is 6.09 Å². The van der Waals surface area contributed by atoms with Crippen molar-refractivity contribution in [2.24, 2.45) is 0 Å². The third kappa shape index (κ3) is 7.72. The lowest BCUT2D eigenvalue weighted by molar-refractivity contribution is -0.268. The van der Waals surface area contributed by atoms with Gasteiger partial charge in [0, 0.05) is 24.6 Å². The molecule has 1 heterocycles. The Morgan fingerprint density at radius 3 is 2.44 bits per heavy atom. The van der Waals surface area contributed by atoms with Gasteiger partial charge < -0.3 is 29.6 Å². The average molecular weight is 552 g/mol. The molecule has 1 aliphatic heterocycles. The Labute approximate surface area is 240 Å². The van der Waals surface area contributed by atoms with E-state index in [-0.39, 0.29) is 24.3 Å². The number of hydrogen-bond donors (Lipinski definition) is 1. The summed E-state index contributed by atoms with van der Waals surface area (Å²) in [6, 6.07) is 31.7.